The van der Waals surface area contributed by atoms with Crippen LogP contribution in [0.3, 0.4) is 0 Å². The minimum atomic E-state index is 0.202. The van der Waals surface area contributed by atoms with E-state index in [4.69, 9.17) is 5.73 Å². The Morgan fingerprint density at radius 1 is 1.20 bits per heavy atom. The van der Waals surface area contributed by atoms with E-state index < -0.39 is 0 Å². The lowest BCUT2D eigenvalue weighted by molar-refractivity contribution is 0.323. The summed E-state index contributed by atoms with van der Waals surface area (Å²) >= 11 is 0. The van der Waals surface area contributed by atoms with Gasteiger partial charge in [-0.3, -0.25) is 0 Å². The first-order chi connectivity index (χ1) is 7.20. The molecule has 2 nitrogen and oxygen atoms in total. The molecule has 1 unspecified atom stereocenters. The third kappa shape index (κ3) is 5.53. The van der Waals surface area contributed by atoms with Crippen LogP contribution in [0.25, 0.3) is 0 Å². The molecule has 0 bridgehead atoms. The summed E-state index contributed by atoms with van der Waals surface area (Å²) in [6, 6.07) is 0.772. The van der Waals surface area contributed by atoms with Gasteiger partial charge in [0.05, 0.1) is 0 Å². The molecule has 0 amide bonds. The van der Waals surface area contributed by atoms with Crippen molar-refractivity contribution in [2.75, 3.05) is 6.54 Å². The van der Waals surface area contributed by atoms with Gasteiger partial charge in [-0.05, 0) is 26.2 Å². The van der Waals surface area contributed by atoms with E-state index in [9.17, 15) is 0 Å². The molecule has 0 aromatic heterocycles. The molecular weight excluding hydrogens is 184 g/mol. The Hall–Kier alpha value is -0.0800. The van der Waals surface area contributed by atoms with Gasteiger partial charge in [-0.15, -0.1) is 0 Å². The van der Waals surface area contributed by atoms with Crippen molar-refractivity contribution in [2.45, 2.75) is 76.8 Å². The van der Waals surface area contributed by atoms with E-state index in [2.05, 4.69) is 19.2 Å². The largest absolute Gasteiger partial charge is 0.329 e. The highest BCUT2D eigenvalue weighted by molar-refractivity contribution is 4.93. The molecule has 1 atom stereocenters. The lowest BCUT2D eigenvalue weighted by Crippen LogP contribution is -2.49. The van der Waals surface area contributed by atoms with Gasteiger partial charge in [-0.25, -0.2) is 0 Å². The van der Waals surface area contributed by atoms with Crippen LogP contribution in [-0.4, -0.2) is 18.1 Å². The normalized spacial score (nSPS) is 20.2. The molecule has 0 saturated heterocycles. The average Bonchev–Trinajstić information content (AvgIpc) is 3.01. The van der Waals surface area contributed by atoms with Crippen molar-refractivity contribution in [2.24, 2.45) is 5.73 Å². The number of unbranched alkanes of at least 4 members (excludes halogenated alkanes) is 4. The molecule has 1 fully saturated rings. The number of rotatable bonds is 9. The Kier molecular flexibility index (Phi) is 5.62. The number of nitrogens with one attached hydrogen (secondary N) is 1. The van der Waals surface area contributed by atoms with Gasteiger partial charge in [0, 0.05) is 18.1 Å². The Balaban J connectivity index is 2.08. The van der Waals surface area contributed by atoms with Crippen LogP contribution in [0.2, 0.25) is 0 Å². The van der Waals surface area contributed by atoms with Crippen molar-refractivity contribution in [1.29, 1.82) is 0 Å². The maximum atomic E-state index is 5.86. The molecule has 90 valence electrons. The highest BCUT2D eigenvalue weighted by Crippen LogP contribution is 2.24. The number of nitrogens with two attached hydrogens (primary N) is 1. The zero-order valence-corrected chi connectivity index (χ0v) is 10.5. The van der Waals surface area contributed by atoms with Gasteiger partial charge < -0.3 is 11.1 Å². The fourth-order valence-electron chi connectivity index (χ4n) is 2.07. The van der Waals surface area contributed by atoms with Crippen LogP contribution in [0.1, 0.15) is 65.2 Å². The first kappa shape index (κ1) is 13.0. The molecular formula is C13H28N2. The lowest BCUT2D eigenvalue weighted by atomic mass is 9.94. The summed E-state index contributed by atoms with van der Waals surface area (Å²) in [5.74, 6) is 0. The Morgan fingerprint density at radius 2 is 1.87 bits per heavy atom. The smallest absolute Gasteiger partial charge is 0.0278 e. The van der Waals surface area contributed by atoms with E-state index in [1.807, 2.05) is 0 Å². The van der Waals surface area contributed by atoms with Crippen molar-refractivity contribution in [1.82, 2.24) is 5.32 Å². The Bertz CT molecular complexity index is 166. The maximum absolute atomic E-state index is 5.86. The van der Waals surface area contributed by atoms with E-state index in [1.165, 1.54) is 51.4 Å². The third-order valence-corrected chi connectivity index (χ3v) is 3.41. The van der Waals surface area contributed by atoms with Gasteiger partial charge in [-0.2, -0.15) is 0 Å². The molecule has 0 spiro atoms. The summed E-state index contributed by atoms with van der Waals surface area (Å²) in [4.78, 5) is 0. The maximum Gasteiger partial charge on any atom is 0.0278 e. The van der Waals surface area contributed by atoms with Crippen molar-refractivity contribution >= 4 is 0 Å². The molecule has 0 aromatic carbocycles. The summed E-state index contributed by atoms with van der Waals surface area (Å²) in [5, 5.41) is 3.68. The first-order valence-electron chi connectivity index (χ1n) is 6.68. The summed E-state index contributed by atoms with van der Waals surface area (Å²) in [7, 11) is 0. The van der Waals surface area contributed by atoms with Gasteiger partial charge >= 0.3 is 0 Å². The zero-order chi connectivity index (χ0) is 11.1. The summed E-state index contributed by atoms with van der Waals surface area (Å²) in [6.07, 6.45) is 10.7. The minimum Gasteiger partial charge on any atom is -0.329 e. The standard InChI is InChI=1S/C13H28N2/c1-3-4-5-6-7-10-13(2,11-14)15-12-8-9-12/h12,15H,3-11,14H2,1-2H3. The van der Waals surface area contributed by atoms with E-state index in [0.29, 0.717) is 0 Å². The molecule has 15 heavy (non-hydrogen) atoms. The predicted octanol–water partition coefficient (Wildman–Crippen LogP) is 2.82. The molecule has 0 radical (unpaired) electrons. The van der Waals surface area contributed by atoms with E-state index in [0.717, 1.165) is 12.6 Å². The third-order valence-electron chi connectivity index (χ3n) is 3.41. The van der Waals surface area contributed by atoms with Gasteiger partial charge in [0.25, 0.3) is 0 Å². The van der Waals surface area contributed by atoms with Crippen LogP contribution in [0.4, 0.5) is 0 Å². The Morgan fingerprint density at radius 3 is 2.40 bits per heavy atom. The van der Waals surface area contributed by atoms with Crippen LogP contribution < -0.4 is 11.1 Å². The quantitative estimate of drug-likeness (QED) is 0.577. The molecule has 2 heteroatoms. The van der Waals surface area contributed by atoms with Gasteiger partial charge in [0.1, 0.15) is 0 Å². The summed E-state index contributed by atoms with van der Waals surface area (Å²) in [5.41, 5.74) is 6.06. The van der Waals surface area contributed by atoms with Gasteiger partial charge in [0.2, 0.25) is 0 Å². The average molecular weight is 212 g/mol. The second-order valence-electron chi connectivity index (χ2n) is 5.35. The SMILES string of the molecule is CCCCCCCC(C)(CN)NC1CC1. The number of hydrogen-bond acceptors (Lipinski definition) is 2. The molecule has 0 aliphatic heterocycles. The highest BCUT2D eigenvalue weighted by Gasteiger charge is 2.30. The first-order valence-corrected chi connectivity index (χ1v) is 6.68. The van der Waals surface area contributed by atoms with Crippen molar-refractivity contribution in [3.8, 4) is 0 Å². The van der Waals surface area contributed by atoms with Gasteiger partial charge in [-0.1, -0.05) is 39.0 Å². The molecule has 1 saturated carbocycles. The van der Waals surface area contributed by atoms with Gasteiger partial charge in [0.15, 0.2) is 0 Å². The monoisotopic (exact) mass is 212 g/mol. The van der Waals surface area contributed by atoms with Crippen molar-refractivity contribution in [3.63, 3.8) is 0 Å². The van der Waals surface area contributed by atoms with E-state index >= 15 is 0 Å². The summed E-state index contributed by atoms with van der Waals surface area (Å²) in [6.45, 7) is 5.32. The van der Waals surface area contributed by atoms with Crippen molar-refractivity contribution < 1.29 is 0 Å². The van der Waals surface area contributed by atoms with E-state index in [-0.39, 0.29) is 5.54 Å². The lowest BCUT2D eigenvalue weighted by Gasteiger charge is -2.29. The Labute approximate surface area is 95.0 Å². The molecule has 1 aliphatic carbocycles. The summed E-state index contributed by atoms with van der Waals surface area (Å²) < 4.78 is 0. The van der Waals surface area contributed by atoms with Crippen LogP contribution >= 0.6 is 0 Å². The molecule has 0 heterocycles. The second-order valence-corrected chi connectivity index (χ2v) is 5.35. The van der Waals surface area contributed by atoms with Crippen LogP contribution in [0, 0.1) is 0 Å². The van der Waals surface area contributed by atoms with E-state index in [1.54, 1.807) is 0 Å². The second kappa shape index (κ2) is 6.49. The molecule has 0 aromatic rings. The molecule has 1 aliphatic rings. The molecule has 3 N–H and O–H groups in total. The van der Waals surface area contributed by atoms with Crippen LogP contribution in [-0.2, 0) is 0 Å². The van der Waals surface area contributed by atoms with Crippen LogP contribution in [0.15, 0.2) is 0 Å². The van der Waals surface area contributed by atoms with Crippen LogP contribution in [0.5, 0.6) is 0 Å². The topological polar surface area (TPSA) is 38.0 Å². The van der Waals surface area contributed by atoms with Crippen molar-refractivity contribution in [3.05, 3.63) is 0 Å². The fourth-order valence-corrected chi connectivity index (χ4v) is 2.07. The molecule has 1 rings (SSSR count). The zero-order valence-electron chi connectivity index (χ0n) is 10.5. The number of hydrogen-bond donors (Lipinski definition) is 2. The highest BCUT2D eigenvalue weighted by atomic mass is 15.0. The predicted molar refractivity (Wildman–Crippen MR) is 67.0 cm³/mol. The fraction of sp³-hybridized carbons (Fsp3) is 1.00. The minimum absolute atomic E-state index is 0.202.